The van der Waals surface area contributed by atoms with Gasteiger partial charge >= 0.3 is 5.63 Å². The van der Waals surface area contributed by atoms with Gasteiger partial charge in [-0.25, -0.2) is 4.79 Å². The molecule has 0 aliphatic heterocycles. The number of allylic oxidation sites excluding steroid dienone is 2. The minimum Gasteiger partial charge on any atom is -0.507 e. The molecule has 2 N–H and O–H groups in total. The molecule has 0 fully saturated rings. The van der Waals surface area contributed by atoms with Crippen LogP contribution >= 0.6 is 0 Å². The minimum absolute atomic E-state index is 0.0498. The summed E-state index contributed by atoms with van der Waals surface area (Å²) in [5, 5.41) is 20.3. The SMILES string of the molecule is CC(C)=CCc1c(O)cc2oc(=O)ccc2c1O. The van der Waals surface area contributed by atoms with Crippen molar-refractivity contribution in [3.05, 3.63) is 45.8 Å². The van der Waals surface area contributed by atoms with Gasteiger partial charge in [0.25, 0.3) is 0 Å². The average Bonchev–Trinajstić information content (AvgIpc) is 2.27. The Balaban J connectivity index is 2.65. The van der Waals surface area contributed by atoms with Crippen molar-refractivity contribution in [2.75, 3.05) is 0 Å². The van der Waals surface area contributed by atoms with Gasteiger partial charge in [-0.1, -0.05) is 11.6 Å². The number of fused-ring (bicyclic) bond motifs is 1. The third-order valence-electron chi connectivity index (χ3n) is 2.69. The van der Waals surface area contributed by atoms with E-state index < -0.39 is 5.63 Å². The summed E-state index contributed by atoms with van der Waals surface area (Å²) in [6, 6.07) is 4.08. The van der Waals surface area contributed by atoms with Gasteiger partial charge in [0.1, 0.15) is 17.1 Å². The monoisotopic (exact) mass is 246 g/mol. The zero-order chi connectivity index (χ0) is 13.3. The molecule has 2 aromatic rings. The van der Waals surface area contributed by atoms with E-state index in [1.165, 1.54) is 18.2 Å². The zero-order valence-electron chi connectivity index (χ0n) is 10.2. The van der Waals surface area contributed by atoms with Gasteiger partial charge < -0.3 is 14.6 Å². The van der Waals surface area contributed by atoms with Crippen LogP contribution < -0.4 is 5.63 Å². The fraction of sp³-hybridized carbons (Fsp3) is 0.214. The Bertz CT molecular complexity index is 676. The van der Waals surface area contributed by atoms with Gasteiger partial charge in [-0.3, -0.25) is 0 Å². The second-order valence-corrected chi connectivity index (χ2v) is 4.37. The summed E-state index contributed by atoms with van der Waals surface area (Å²) in [6.45, 7) is 3.88. The van der Waals surface area contributed by atoms with Crippen LogP contribution in [0, 0.1) is 0 Å². The van der Waals surface area contributed by atoms with Gasteiger partial charge in [-0.05, 0) is 26.3 Å². The number of hydrogen-bond donors (Lipinski definition) is 2. The Hall–Kier alpha value is -2.23. The Morgan fingerprint density at radius 1 is 1.33 bits per heavy atom. The predicted molar refractivity (Wildman–Crippen MR) is 68.9 cm³/mol. The maximum absolute atomic E-state index is 11.1. The first-order chi connectivity index (χ1) is 8.49. The van der Waals surface area contributed by atoms with Gasteiger partial charge in [0.2, 0.25) is 0 Å². The lowest BCUT2D eigenvalue weighted by molar-refractivity contribution is 0.442. The standard InChI is InChI=1S/C14H14O4/c1-8(2)3-4-9-11(15)7-12-10(14(9)17)5-6-13(16)18-12/h3,5-7,15,17H,4H2,1-2H3. The van der Waals surface area contributed by atoms with Gasteiger partial charge in [0.15, 0.2) is 0 Å². The van der Waals surface area contributed by atoms with Crippen LogP contribution in [-0.4, -0.2) is 10.2 Å². The van der Waals surface area contributed by atoms with E-state index in [1.54, 1.807) is 0 Å². The van der Waals surface area contributed by atoms with Crippen molar-refractivity contribution in [1.82, 2.24) is 0 Å². The van der Waals surface area contributed by atoms with Gasteiger partial charge in [0.05, 0.1) is 5.39 Å². The first-order valence-electron chi connectivity index (χ1n) is 5.60. The summed E-state index contributed by atoms with van der Waals surface area (Å²) in [5.74, 6) is -0.127. The summed E-state index contributed by atoms with van der Waals surface area (Å²) in [6.07, 6.45) is 2.33. The zero-order valence-corrected chi connectivity index (χ0v) is 10.2. The summed E-state index contributed by atoms with van der Waals surface area (Å²) in [4.78, 5) is 11.1. The Morgan fingerprint density at radius 2 is 2.06 bits per heavy atom. The second-order valence-electron chi connectivity index (χ2n) is 4.37. The molecule has 0 saturated carbocycles. The highest BCUT2D eigenvalue weighted by Crippen LogP contribution is 2.35. The van der Waals surface area contributed by atoms with E-state index in [1.807, 2.05) is 19.9 Å². The Kier molecular flexibility index (Phi) is 3.10. The molecule has 0 atom stereocenters. The fourth-order valence-electron chi connectivity index (χ4n) is 1.74. The number of phenolic OH excluding ortho intramolecular Hbond substituents is 2. The Labute approximate surface area is 104 Å². The van der Waals surface area contributed by atoms with Gasteiger partial charge in [0, 0.05) is 17.7 Å². The molecule has 2 rings (SSSR count). The van der Waals surface area contributed by atoms with E-state index in [2.05, 4.69) is 0 Å². The van der Waals surface area contributed by atoms with E-state index >= 15 is 0 Å². The molecule has 0 aliphatic rings. The van der Waals surface area contributed by atoms with Crippen molar-refractivity contribution in [2.45, 2.75) is 20.3 Å². The number of hydrogen-bond acceptors (Lipinski definition) is 4. The van der Waals surface area contributed by atoms with Crippen LogP contribution in [0.4, 0.5) is 0 Å². The van der Waals surface area contributed by atoms with E-state index in [9.17, 15) is 15.0 Å². The van der Waals surface area contributed by atoms with Gasteiger partial charge in [-0.15, -0.1) is 0 Å². The summed E-state index contributed by atoms with van der Waals surface area (Å²) in [5.41, 5.74) is 1.18. The van der Waals surface area contributed by atoms with Crippen molar-refractivity contribution < 1.29 is 14.6 Å². The lowest BCUT2D eigenvalue weighted by Gasteiger charge is -2.08. The molecule has 4 heteroatoms. The van der Waals surface area contributed by atoms with E-state index in [0.717, 1.165) is 5.57 Å². The van der Waals surface area contributed by atoms with Crippen LogP contribution in [0.5, 0.6) is 11.5 Å². The molecule has 0 aliphatic carbocycles. The molecule has 0 saturated heterocycles. The van der Waals surface area contributed by atoms with E-state index in [-0.39, 0.29) is 17.1 Å². The first-order valence-corrected chi connectivity index (χ1v) is 5.60. The smallest absolute Gasteiger partial charge is 0.336 e. The Morgan fingerprint density at radius 3 is 2.72 bits per heavy atom. The molecular formula is C14H14O4. The maximum atomic E-state index is 11.1. The maximum Gasteiger partial charge on any atom is 0.336 e. The third kappa shape index (κ3) is 2.22. The second kappa shape index (κ2) is 4.56. The lowest BCUT2D eigenvalue weighted by atomic mass is 10.0. The molecule has 1 aromatic carbocycles. The quantitative estimate of drug-likeness (QED) is 0.631. The summed E-state index contributed by atoms with van der Waals surface area (Å²) >= 11 is 0. The molecule has 0 spiro atoms. The average molecular weight is 246 g/mol. The van der Waals surface area contributed by atoms with Crippen LogP contribution in [0.2, 0.25) is 0 Å². The molecule has 1 aromatic heterocycles. The van der Waals surface area contributed by atoms with Crippen LogP contribution in [0.1, 0.15) is 19.4 Å². The van der Waals surface area contributed by atoms with Crippen LogP contribution in [-0.2, 0) is 6.42 Å². The predicted octanol–water partition coefficient (Wildman–Crippen LogP) is 2.71. The topological polar surface area (TPSA) is 70.7 Å². The normalized spacial score (nSPS) is 10.6. The highest BCUT2D eigenvalue weighted by molar-refractivity contribution is 5.86. The summed E-state index contributed by atoms with van der Waals surface area (Å²) in [7, 11) is 0. The largest absolute Gasteiger partial charge is 0.507 e. The highest BCUT2D eigenvalue weighted by Gasteiger charge is 2.13. The van der Waals surface area contributed by atoms with Crippen molar-refractivity contribution in [2.24, 2.45) is 0 Å². The van der Waals surface area contributed by atoms with E-state index in [4.69, 9.17) is 4.42 Å². The number of benzene rings is 1. The van der Waals surface area contributed by atoms with Gasteiger partial charge in [-0.2, -0.15) is 0 Å². The van der Waals surface area contributed by atoms with Crippen molar-refractivity contribution in [3.63, 3.8) is 0 Å². The molecule has 0 amide bonds. The number of rotatable bonds is 2. The third-order valence-corrected chi connectivity index (χ3v) is 2.69. The molecule has 94 valence electrons. The van der Waals surface area contributed by atoms with Crippen molar-refractivity contribution in [1.29, 1.82) is 0 Å². The molecule has 0 bridgehead atoms. The molecule has 18 heavy (non-hydrogen) atoms. The van der Waals surface area contributed by atoms with Crippen molar-refractivity contribution >= 4 is 11.0 Å². The van der Waals surface area contributed by atoms with E-state index in [0.29, 0.717) is 17.4 Å². The lowest BCUT2D eigenvalue weighted by Crippen LogP contribution is -1.95. The molecule has 1 heterocycles. The molecule has 0 radical (unpaired) electrons. The first kappa shape index (κ1) is 12.2. The van der Waals surface area contributed by atoms with Crippen LogP contribution in [0.15, 0.2) is 39.1 Å². The molecule has 4 nitrogen and oxygen atoms in total. The molecule has 0 unspecified atom stereocenters. The molecular weight excluding hydrogens is 232 g/mol. The summed E-state index contributed by atoms with van der Waals surface area (Å²) < 4.78 is 4.91. The minimum atomic E-state index is -0.515. The van der Waals surface area contributed by atoms with Crippen molar-refractivity contribution in [3.8, 4) is 11.5 Å². The highest BCUT2D eigenvalue weighted by atomic mass is 16.4. The van der Waals surface area contributed by atoms with Crippen LogP contribution in [0.3, 0.4) is 0 Å². The van der Waals surface area contributed by atoms with Crippen LogP contribution in [0.25, 0.3) is 11.0 Å². The number of aromatic hydroxyl groups is 2. The fourth-order valence-corrected chi connectivity index (χ4v) is 1.74. The number of phenols is 2.